The van der Waals surface area contributed by atoms with Gasteiger partial charge in [-0.3, -0.25) is 0 Å². The summed E-state index contributed by atoms with van der Waals surface area (Å²) in [7, 11) is 0. The average Bonchev–Trinajstić information content (AvgIpc) is 2.48. The van der Waals surface area contributed by atoms with Gasteiger partial charge in [-0.1, -0.05) is 60.7 Å². The van der Waals surface area contributed by atoms with Gasteiger partial charge in [-0.25, -0.2) is 0 Å². The molecule has 3 rings (SSSR count). The molecule has 2 aliphatic carbocycles. The maximum Gasteiger partial charge on any atom is 0.0352 e. The van der Waals surface area contributed by atoms with Gasteiger partial charge in [-0.15, -0.1) is 0 Å². The minimum absolute atomic E-state index is 0.316. The molecule has 1 aromatic carbocycles. The molecule has 1 unspecified atom stereocenters. The molecule has 18 heavy (non-hydrogen) atoms. The van der Waals surface area contributed by atoms with Crippen LogP contribution in [0.1, 0.15) is 6.42 Å². The Bertz CT molecular complexity index is 687. The second-order valence-electron chi connectivity index (χ2n) is 4.64. The SMILES string of the molecule is N=C1C=CC2C=CC=CC=c3cccc/c3=C/2C1. The van der Waals surface area contributed by atoms with Crippen molar-refractivity contribution < 1.29 is 0 Å². The molecule has 1 heteroatoms. The highest BCUT2D eigenvalue weighted by atomic mass is 14.4. The zero-order chi connectivity index (χ0) is 12.4. The lowest BCUT2D eigenvalue weighted by molar-refractivity contribution is 1.02. The lowest BCUT2D eigenvalue weighted by Crippen LogP contribution is -2.29. The molecule has 0 heterocycles. The summed E-state index contributed by atoms with van der Waals surface area (Å²) in [4.78, 5) is 0. The molecule has 2 aliphatic rings. The number of fused-ring (bicyclic) bond motifs is 2. The maximum atomic E-state index is 7.88. The zero-order valence-electron chi connectivity index (χ0n) is 10.1. The van der Waals surface area contributed by atoms with Crippen LogP contribution in [-0.4, -0.2) is 5.71 Å². The first kappa shape index (κ1) is 11.0. The van der Waals surface area contributed by atoms with Crippen molar-refractivity contribution in [2.45, 2.75) is 6.42 Å². The topological polar surface area (TPSA) is 23.9 Å². The first-order valence-electron chi connectivity index (χ1n) is 6.23. The van der Waals surface area contributed by atoms with Crippen LogP contribution in [0.5, 0.6) is 0 Å². The second kappa shape index (κ2) is 4.61. The summed E-state index contributed by atoms with van der Waals surface area (Å²) < 4.78 is 0. The summed E-state index contributed by atoms with van der Waals surface area (Å²) in [6.45, 7) is 0. The standard InChI is InChI=1S/C17H15N/c18-15-11-10-14-7-3-1-2-6-13-8-4-5-9-16(13)17(14)12-15/h1-11,14,18H,12H2/b2-1?,7-3?,13-6?,17-16-,18-15?. The summed E-state index contributed by atoms with van der Waals surface area (Å²) in [5, 5.41) is 10.4. The zero-order valence-corrected chi connectivity index (χ0v) is 10.1. The normalized spacial score (nSPS) is 24.4. The van der Waals surface area contributed by atoms with Crippen LogP contribution in [0.3, 0.4) is 0 Å². The first-order chi connectivity index (χ1) is 8.84. The largest absolute Gasteiger partial charge is 0.305 e. The van der Waals surface area contributed by atoms with Crippen molar-refractivity contribution >= 4 is 17.4 Å². The van der Waals surface area contributed by atoms with Gasteiger partial charge >= 0.3 is 0 Å². The fourth-order valence-electron chi connectivity index (χ4n) is 2.52. The van der Waals surface area contributed by atoms with E-state index in [-0.39, 0.29) is 0 Å². The summed E-state index contributed by atoms with van der Waals surface area (Å²) in [5.74, 6) is 0.316. The summed E-state index contributed by atoms with van der Waals surface area (Å²) in [5.41, 5.74) is 2.02. The van der Waals surface area contributed by atoms with Crippen LogP contribution in [0.15, 0.2) is 60.7 Å². The van der Waals surface area contributed by atoms with Crippen LogP contribution in [0.4, 0.5) is 0 Å². The number of hydrogen-bond acceptors (Lipinski definition) is 1. The third-order valence-corrected chi connectivity index (χ3v) is 3.41. The van der Waals surface area contributed by atoms with E-state index in [1.807, 2.05) is 6.08 Å². The Labute approximate surface area is 107 Å². The monoisotopic (exact) mass is 233 g/mol. The Morgan fingerprint density at radius 3 is 2.83 bits per heavy atom. The van der Waals surface area contributed by atoms with Crippen LogP contribution < -0.4 is 10.4 Å². The molecular formula is C17H15N. The van der Waals surface area contributed by atoms with Gasteiger partial charge in [-0.05, 0) is 22.1 Å². The molecule has 0 bridgehead atoms. The molecule has 0 fully saturated rings. The predicted molar refractivity (Wildman–Crippen MR) is 76.8 cm³/mol. The van der Waals surface area contributed by atoms with Crippen molar-refractivity contribution in [1.29, 1.82) is 5.41 Å². The number of rotatable bonds is 0. The number of benzene rings is 1. The second-order valence-corrected chi connectivity index (χ2v) is 4.64. The number of hydrogen-bond donors (Lipinski definition) is 1. The molecule has 0 saturated heterocycles. The molecule has 88 valence electrons. The van der Waals surface area contributed by atoms with E-state index in [9.17, 15) is 0 Å². The maximum absolute atomic E-state index is 7.88. The third-order valence-electron chi connectivity index (χ3n) is 3.41. The molecule has 0 saturated carbocycles. The van der Waals surface area contributed by atoms with Crippen molar-refractivity contribution in [2.24, 2.45) is 5.92 Å². The first-order valence-corrected chi connectivity index (χ1v) is 6.23. The van der Waals surface area contributed by atoms with Gasteiger partial charge < -0.3 is 5.41 Å². The summed E-state index contributed by atoms with van der Waals surface area (Å²) in [6, 6.07) is 8.43. The lowest BCUT2D eigenvalue weighted by Gasteiger charge is -2.18. The van der Waals surface area contributed by atoms with Crippen molar-refractivity contribution in [3.8, 4) is 0 Å². The van der Waals surface area contributed by atoms with Gasteiger partial charge in [0.1, 0.15) is 0 Å². The van der Waals surface area contributed by atoms with E-state index >= 15 is 0 Å². The van der Waals surface area contributed by atoms with Gasteiger partial charge in [-0.2, -0.15) is 0 Å². The number of nitrogens with one attached hydrogen (secondary N) is 1. The average molecular weight is 233 g/mol. The van der Waals surface area contributed by atoms with Crippen molar-refractivity contribution in [3.63, 3.8) is 0 Å². The summed E-state index contributed by atoms with van der Waals surface area (Å²) in [6.07, 6.45) is 15.3. The molecule has 1 aromatic rings. The van der Waals surface area contributed by atoms with Gasteiger partial charge in [0.2, 0.25) is 0 Å². The lowest BCUT2D eigenvalue weighted by atomic mass is 9.86. The Hall–Kier alpha value is -2.15. The van der Waals surface area contributed by atoms with Gasteiger partial charge in [0, 0.05) is 18.1 Å². The van der Waals surface area contributed by atoms with E-state index in [2.05, 4.69) is 60.7 Å². The Balaban J connectivity index is 2.38. The van der Waals surface area contributed by atoms with Crippen LogP contribution in [0.25, 0.3) is 11.6 Å². The van der Waals surface area contributed by atoms with E-state index in [1.54, 1.807) is 0 Å². The molecule has 0 radical (unpaired) electrons. The highest BCUT2D eigenvalue weighted by Gasteiger charge is 2.15. The van der Waals surface area contributed by atoms with Crippen LogP contribution >= 0.6 is 0 Å². The Kier molecular flexibility index (Phi) is 2.81. The molecule has 0 aliphatic heterocycles. The van der Waals surface area contributed by atoms with Gasteiger partial charge in [0.25, 0.3) is 0 Å². The molecule has 1 N–H and O–H groups in total. The molecule has 0 aromatic heterocycles. The fourth-order valence-corrected chi connectivity index (χ4v) is 2.52. The number of allylic oxidation sites excluding steroid dienone is 6. The van der Waals surface area contributed by atoms with E-state index < -0.39 is 0 Å². The minimum Gasteiger partial charge on any atom is -0.305 e. The fraction of sp³-hybridized carbons (Fsp3) is 0.118. The molecule has 1 atom stereocenters. The van der Waals surface area contributed by atoms with Gasteiger partial charge in [0.15, 0.2) is 0 Å². The van der Waals surface area contributed by atoms with E-state index in [0.717, 1.165) is 6.42 Å². The molecule has 1 nitrogen and oxygen atoms in total. The van der Waals surface area contributed by atoms with E-state index in [4.69, 9.17) is 5.41 Å². The predicted octanol–water partition coefficient (Wildman–Crippen LogP) is 2.34. The molecule has 0 amide bonds. The molecular weight excluding hydrogens is 218 g/mol. The van der Waals surface area contributed by atoms with E-state index in [1.165, 1.54) is 16.0 Å². The van der Waals surface area contributed by atoms with E-state index in [0.29, 0.717) is 11.6 Å². The van der Waals surface area contributed by atoms with Crippen molar-refractivity contribution in [1.82, 2.24) is 0 Å². The van der Waals surface area contributed by atoms with Crippen molar-refractivity contribution in [2.75, 3.05) is 0 Å². The third kappa shape index (κ3) is 2.00. The quantitative estimate of drug-likeness (QED) is 0.711. The van der Waals surface area contributed by atoms with Crippen molar-refractivity contribution in [3.05, 3.63) is 71.2 Å². The van der Waals surface area contributed by atoms with Gasteiger partial charge in [0.05, 0.1) is 0 Å². The highest BCUT2D eigenvalue weighted by Crippen LogP contribution is 2.23. The van der Waals surface area contributed by atoms with Crippen LogP contribution in [-0.2, 0) is 0 Å². The smallest absolute Gasteiger partial charge is 0.0352 e. The van der Waals surface area contributed by atoms with Crippen LogP contribution in [0, 0.1) is 11.3 Å². The van der Waals surface area contributed by atoms with Crippen LogP contribution in [0.2, 0.25) is 0 Å². The highest BCUT2D eigenvalue weighted by molar-refractivity contribution is 6.00. The Morgan fingerprint density at radius 1 is 1.00 bits per heavy atom. The molecule has 0 spiro atoms. The Morgan fingerprint density at radius 2 is 1.89 bits per heavy atom. The summed E-state index contributed by atoms with van der Waals surface area (Å²) >= 11 is 0. The minimum atomic E-state index is 0.316.